The second-order valence-electron chi connectivity index (χ2n) is 3.69. The number of nitrogens with zero attached hydrogens (tertiary/aromatic N) is 2. The van der Waals surface area contributed by atoms with Gasteiger partial charge in [0.05, 0.1) is 5.56 Å². The van der Waals surface area contributed by atoms with Crippen LogP contribution in [-0.2, 0) is 0 Å². The first kappa shape index (κ1) is 12.3. The molecule has 6 heteroatoms. The van der Waals surface area contributed by atoms with Crippen molar-refractivity contribution in [3.63, 3.8) is 0 Å². The van der Waals surface area contributed by atoms with Crippen molar-refractivity contribution in [2.24, 2.45) is 0 Å². The summed E-state index contributed by atoms with van der Waals surface area (Å²) in [5.74, 6) is -0.216. The summed E-state index contributed by atoms with van der Waals surface area (Å²) in [6.45, 7) is 1.84. The van der Waals surface area contributed by atoms with E-state index in [-0.39, 0.29) is 17.0 Å². The topological polar surface area (TPSA) is 80.9 Å². The van der Waals surface area contributed by atoms with E-state index in [1.54, 1.807) is 12.1 Å². The van der Waals surface area contributed by atoms with E-state index in [9.17, 15) is 4.79 Å². The van der Waals surface area contributed by atoms with E-state index >= 15 is 0 Å². The van der Waals surface area contributed by atoms with Gasteiger partial charge in [-0.15, -0.1) is 0 Å². The molecule has 2 rings (SSSR count). The molecule has 2 aromatic rings. The van der Waals surface area contributed by atoms with Crippen LogP contribution in [0.15, 0.2) is 30.5 Å². The van der Waals surface area contributed by atoms with Crippen LogP contribution in [0.2, 0.25) is 5.15 Å². The summed E-state index contributed by atoms with van der Waals surface area (Å²) in [4.78, 5) is 19.7. The van der Waals surface area contributed by atoms with Crippen molar-refractivity contribution < 1.29 is 4.79 Å². The first-order valence-corrected chi connectivity index (χ1v) is 5.60. The lowest BCUT2D eigenvalue weighted by Crippen LogP contribution is -2.16. The van der Waals surface area contributed by atoms with Gasteiger partial charge >= 0.3 is 0 Å². The normalized spacial score (nSPS) is 10.1. The van der Waals surface area contributed by atoms with Crippen LogP contribution in [0.5, 0.6) is 0 Å². The standard InChI is InChI=1S/C12H11ClN4O/c1-7-3-2-4-8(10(7)14)11(18)17-12-15-6-5-9(13)16-12/h2-6H,14H2,1H3,(H,15,16,17,18). The smallest absolute Gasteiger partial charge is 0.260 e. The molecule has 0 aliphatic carbocycles. The lowest BCUT2D eigenvalue weighted by atomic mass is 10.1. The maximum atomic E-state index is 12.0. The van der Waals surface area contributed by atoms with Gasteiger partial charge in [0.2, 0.25) is 5.95 Å². The highest BCUT2D eigenvalue weighted by Crippen LogP contribution is 2.17. The number of halogens is 1. The number of benzene rings is 1. The third kappa shape index (κ3) is 2.57. The van der Waals surface area contributed by atoms with Crippen LogP contribution >= 0.6 is 11.6 Å². The molecule has 0 saturated carbocycles. The summed E-state index contributed by atoms with van der Waals surface area (Å²) in [5, 5.41) is 2.80. The molecule has 5 nitrogen and oxygen atoms in total. The minimum atomic E-state index is -0.363. The number of carbonyl (C=O) groups is 1. The molecule has 0 bridgehead atoms. The number of carbonyl (C=O) groups excluding carboxylic acids is 1. The van der Waals surface area contributed by atoms with Crippen molar-refractivity contribution in [2.45, 2.75) is 6.92 Å². The number of amides is 1. The van der Waals surface area contributed by atoms with Crippen LogP contribution in [0.1, 0.15) is 15.9 Å². The van der Waals surface area contributed by atoms with Crippen LogP contribution in [-0.4, -0.2) is 15.9 Å². The number of nitrogens with two attached hydrogens (primary N) is 1. The van der Waals surface area contributed by atoms with Crippen molar-refractivity contribution >= 4 is 29.1 Å². The Morgan fingerprint density at radius 1 is 1.39 bits per heavy atom. The molecule has 0 unspecified atom stereocenters. The predicted molar refractivity (Wildman–Crippen MR) is 70.6 cm³/mol. The molecule has 1 amide bonds. The van der Waals surface area contributed by atoms with Crippen LogP contribution in [0, 0.1) is 6.92 Å². The molecule has 0 atom stereocenters. The predicted octanol–water partition coefficient (Wildman–Crippen LogP) is 2.27. The van der Waals surface area contributed by atoms with Gasteiger partial charge in [-0.25, -0.2) is 9.97 Å². The molecule has 0 radical (unpaired) electrons. The fourth-order valence-corrected chi connectivity index (χ4v) is 1.58. The number of anilines is 2. The highest BCUT2D eigenvalue weighted by Gasteiger charge is 2.12. The molecule has 0 aliphatic rings. The summed E-state index contributed by atoms with van der Waals surface area (Å²) in [6, 6.07) is 6.77. The number of aromatic nitrogens is 2. The van der Waals surface area contributed by atoms with E-state index in [2.05, 4.69) is 15.3 Å². The van der Waals surface area contributed by atoms with Gasteiger partial charge in [0.1, 0.15) is 5.15 Å². The zero-order chi connectivity index (χ0) is 13.1. The molecular weight excluding hydrogens is 252 g/mol. The largest absolute Gasteiger partial charge is 0.398 e. The van der Waals surface area contributed by atoms with Gasteiger partial charge < -0.3 is 5.73 Å². The zero-order valence-corrected chi connectivity index (χ0v) is 10.4. The third-order valence-corrected chi connectivity index (χ3v) is 2.63. The number of hydrogen-bond acceptors (Lipinski definition) is 4. The van der Waals surface area contributed by atoms with Crippen molar-refractivity contribution in [3.05, 3.63) is 46.7 Å². The Morgan fingerprint density at radius 3 is 2.89 bits per heavy atom. The molecular formula is C12H11ClN4O. The van der Waals surface area contributed by atoms with Gasteiger partial charge in [-0.1, -0.05) is 23.7 Å². The Morgan fingerprint density at radius 2 is 2.17 bits per heavy atom. The highest BCUT2D eigenvalue weighted by atomic mass is 35.5. The van der Waals surface area contributed by atoms with E-state index in [4.69, 9.17) is 17.3 Å². The Hall–Kier alpha value is -2.14. The SMILES string of the molecule is Cc1cccc(C(=O)Nc2nccc(Cl)n2)c1N. The van der Waals surface area contributed by atoms with Crippen LogP contribution < -0.4 is 11.1 Å². The highest BCUT2D eigenvalue weighted by molar-refractivity contribution is 6.29. The molecule has 0 spiro atoms. The van der Waals surface area contributed by atoms with E-state index in [0.29, 0.717) is 11.3 Å². The van der Waals surface area contributed by atoms with Crippen LogP contribution in [0.25, 0.3) is 0 Å². The van der Waals surface area contributed by atoms with Crippen molar-refractivity contribution in [1.29, 1.82) is 0 Å². The van der Waals surface area contributed by atoms with E-state index in [1.807, 2.05) is 13.0 Å². The number of nitrogen functional groups attached to an aromatic ring is 1. The number of rotatable bonds is 2. The van der Waals surface area contributed by atoms with Gasteiger partial charge in [0, 0.05) is 11.9 Å². The lowest BCUT2D eigenvalue weighted by Gasteiger charge is -2.08. The first-order chi connectivity index (χ1) is 8.58. The van der Waals surface area contributed by atoms with Crippen molar-refractivity contribution in [3.8, 4) is 0 Å². The van der Waals surface area contributed by atoms with Crippen molar-refractivity contribution in [1.82, 2.24) is 9.97 Å². The molecule has 0 saturated heterocycles. The molecule has 18 heavy (non-hydrogen) atoms. The first-order valence-electron chi connectivity index (χ1n) is 5.23. The summed E-state index contributed by atoms with van der Waals surface area (Å²) < 4.78 is 0. The molecule has 3 N–H and O–H groups in total. The number of nitrogens with one attached hydrogen (secondary N) is 1. The Labute approximate surface area is 109 Å². The quantitative estimate of drug-likeness (QED) is 0.643. The second-order valence-corrected chi connectivity index (χ2v) is 4.08. The van der Waals surface area contributed by atoms with Gasteiger partial charge in [-0.2, -0.15) is 0 Å². The Balaban J connectivity index is 2.25. The molecule has 1 aromatic carbocycles. The number of para-hydroxylation sites is 1. The van der Waals surface area contributed by atoms with Crippen LogP contribution in [0.3, 0.4) is 0 Å². The van der Waals surface area contributed by atoms with Gasteiger partial charge in [-0.3, -0.25) is 10.1 Å². The summed E-state index contributed by atoms with van der Waals surface area (Å²) in [7, 11) is 0. The second kappa shape index (κ2) is 5.01. The fourth-order valence-electron chi connectivity index (χ4n) is 1.44. The van der Waals surface area contributed by atoms with E-state index in [1.165, 1.54) is 12.3 Å². The van der Waals surface area contributed by atoms with Gasteiger partial charge in [-0.05, 0) is 24.6 Å². The fraction of sp³-hybridized carbons (Fsp3) is 0.0833. The minimum Gasteiger partial charge on any atom is -0.398 e. The van der Waals surface area contributed by atoms with Gasteiger partial charge in [0.25, 0.3) is 5.91 Å². The lowest BCUT2D eigenvalue weighted by molar-refractivity contribution is 0.102. The van der Waals surface area contributed by atoms with Gasteiger partial charge in [0.15, 0.2) is 0 Å². The maximum absolute atomic E-state index is 12.0. The Bertz CT molecular complexity index is 600. The molecule has 0 aliphatic heterocycles. The van der Waals surface area contributed by atoms with E-state index in [0.717, 1.165) is 5.56 Å². The third-order valence-electron chi connectivity index (χ3n) is 2.42. The monoisotopic (exact) mass is 262 g/mol. The summed E-state index contributed by atoms with van der Waals surface area (Å²) >= 11 is 5.70. The molecule has 1 heterocycles. The number of hydrogen-bond donors (Lipinski definition) is 2. The maximum Gasteiger partial charge on any atom is 0.260 e. The molecule has 0 fully saturated rings. The van der Waals surface area contributed by atoms with Crippen molar-refractivity contribution in [2.75, 3.05) is 11.1 Å². The summed E-state index contributed by atoms with van der Waals surface area (Å²) in [6.07, 6.45) is 1.46. The van der Waals surface area contributed by atoms with Crippen LogP contribution in [0.4, 0.5) is 11.6 Å². The average Bonchev–Trinajstić information content (AvgIpc) is 2.32. The zero-order valence-electron chi connectivity index (χ0n) is 9.64. The molecule has 1 aromatic heterocycles. The number of aryl methyl sites for hydroxylation is 1. The minimum absolute atomic E-state index is 0.147. The Kier molecular flexibility index (Phi) is 3.43. The summed E-state index contributed by atoms with van der Waals surface area (Å²) in [5.41, 5.74) is 7.51. The molecule has 92 valence electrons. The average molecular weight is 263 g/mol. The van der Waals surface area contributed by atoms with E-state index < -0.39 is 0 Å².